The van der Waals surface area contributed by atoms with Crippen LogP contribution in [0.25, 0.3) is 0 Å². The zero-order valence-electron chi connectivity index (χ0n) is 8.24. The van der Waals surface area contributed by atoms with E-state index >= 15 is 0 Å². The van der Waals surface area contributed by atoms with Gasteiger partial charge in [-0.15, -0.1) is 0 Å². The van der Waals surface area contributed by atoms with Crippen molar-refractivity contribution >= 4 is 12.6 Å². The molecule has 0 saturated carbocycles. The van der Waals surface area contributed by atoms with Gasteiger partial charge >= 0.3 is 0 Å². The van der Waals surface area contributed by atoms with Gasteiger partial charge in [-0.3, -0.25) is 4.90 Å². The first-order valence-corrected chi connectivity index (χ1v) is 5.48. The Morgan fingerprint density at radius 1 is 1.54 bits per heavy atom. The lowest BCUT2D eigenvalue weighted by Gasteiger charge is -2.30. The zero-order valence-corrected chi connectivity index (χ0v) is 9.13. The molecule has 3 nitrogen and oxygen atoms in total. The minimum Gasteiger partial charge on any atom is -0.379 e. The molecule has 13 heavy (non-hydrogen) atoms. The Bertz CT molecular complexity index is 135. The molecule has 0 aromatic carbocycles. The highest BCUT2D eigenvalue weighted by Gasteiger charge is 2.15. The summed E-state index contributed by atoms with van der Waals surface area (Å²) in [6, 6.07) is 0. The van der Waals surface area contributed by atoms with E-state index in [1.165, 1.54) is 0 Å². The molecule has 4 heteroatoms. The van der Waals surface area contributed by atoms with E-state index in [1.807, 2.05) is 0 Å². The van der Waals surface area contributed by atoms with E-state index in [1.54, 1.807) is 0 Å². The third kappa shape index (κ3) is 4.86. The first-order chi connectivity index (χ1) is 6.33. The van der Waals surface area contributed by atoms with Gasteiger partial charge < -0.3 is 9.47 Å². The summed E-state index contributed by atoms with van der Waals surface area (Å²) < 4.78 is 10.8. The molecule has 1 atom stereocenters. The van der Waals surface area contributed by atoms with Crippen LogP contribution in [0.4, 0.5) is 0 Å². The van der Waals surface area contributed by atoms with Crippen LogP contribution < -0.4 is 0 Å². The van der Waals surface area contributed by atoms with Crippen LogP contribution in [0.2, 0.25) is 0 Å². The Hall–Kier alpha value is 0.230. The Kier molecular flexibility index (Phi) is 5.78. The third-order valence-corrected chi connectivity index (χ3v) is 2.30. The number of hydrogen-bond acceptors (Lipinski definition) is 4. The molecule has 1 saturated heterocycles. The van der Waals surface area contributed by atoms with Gasteiger partial charge in [-0.25, -0.2) is 0 Å². The Morgan fingerprint density at radius 3 is 3.08 bits per heavy atom. The predicted molar refractivity (Wildman–Crippen MR) is 56.5 cm³/mol. The highest BCUT2D eigenvalue weighted by Crippen LogP contribution is 2.03. The van der Waals surface area contributed by atoms with Gasteiger partial charge in [-0.05, 0) is 6.92 Å². The summed E-state index contributed by atoms with van der Waals surface area (Å²) in [5.74, 6) is 0.805. The molecule has 0 bridgehead atoms. The summed E-state index contributed by atoms with van der Waals surface area (Å²) in [5, 5.41) is 0. The molecule has 0 aromatic heterocycles. The van der Waals surface area contributed by atoms with Gasteiger partial charge in [-0.2, -0.15) is 12.6 Å². The Morgan fingerprint density at radius 2 is 2.38 bits per heavy atom. The van der Waals surface area contributed by atoms with Crippen molar-refractivity contribution in [3.63, 3.8) is 0 Å². The van der Waals surface area contributed by atoms with Crippen molar-refractivity contribution in [1.82, 2.24) is 4.90 Å². The summed E-state index contributed by atoms with van der Waals surface area (Å²) in [6.45, 7) is 7.62. The van der Waals surface area contributed by atoms with Gasteiger partial charge in [0.2, 0.25) is 0 Å². The zero-order chi connectivity index (χ0) is 9.52. The topological polar surface area (TPSA) is 21.7 Å². The van der Waals surface area contributed by atoms with Crippen LogP contribution in [0.3, 0.4) is 0 Å². The summed E-state index contributed by atoms with van der Waals surface area (Å²) >= 11 is 4.08. The molecule has 0 aromatic rings. The average Bonchev–Trinajstić information content (AvgIpc) is 2.13. The first-order valence-electron chi connectivity index (χ1n) is 4.85. The molecular formula is C9H19NO2S. The van der Waals surface area contributed by atoms with Crippen molar-refractivity contribution < 1.29 is 9.47 Å². The number of rotatable bonds is 5. The van der Waals surface area contributed by atoms with Crippen LogP contribution in [0.5, 0.6) is 0 Å². The third-order valence-electron chi connectivity index (χ3n) is 2.11. The smallest absolute Gasteiger partial charge is 0.0674 e. The molecule has 78 valence electrons. The number of morpholine rings is 1. The maximum atomic E-state index is 5.44. The van der Waals surface area contributed by atoms with Crippen LogP contribution in [0, 0.1) is 0 Å². The fraction of sp³-hybridized carbons (Fsp3) is 1.00. The predicted octanol–water partition coefficient (Wildman–Crippen LogP) is 0.653. The fourth-order valence-electron chi connectivity index (χ4n) is 1.45. The van der Waals surface area contributed by atoms with Crippen LogP contribution in [-0.4, -0.2) is 56.2 Å². The highest BCUT2D eigenvalue weighted by atomic mass is 32.1. The standard InChI is InChI=1S/C9H19NO2S/c1-9-8-10(3-5-12-9)2-4-11-6-7-13/h9,13H,2-8H2,1H3. The van der Waals surface area contributed by atoms with Crippen LogP contribution in [0.15, 0.2) is 0 Å². The monoisotopic (exact) mass is 205 g/mol. The summed E-state index contributed by atoms with van der Waals surface area (Å²) in [5.41, 5.74) is 0. The minimum absolute atomic E-state index is 0.374. The molecular weight excluding hydrogens is 186 g/mol. The van der Waals surface area contributed by atoms with E-state index in [2.05, 4.69) is 24.5 Å². The molecule has 0 amide bonds. The minimum atomic E-state index is 0.374. The van der Waals surface area contributed by atoms with Gasteiger partial charge in [0, 0.05) is 25.4 Å². The second-order valence-electron chi connectivity index (χ2n) is 3.32. The molecule has 0 N–H and O–H groups in total. The number of hydrogen-bond donors (Lipinski definition) is 1. The Labute approximate surface area is 85.8 Å². The summed E-state index contributed by atoms with van der Waals surface area (Å²) in [6.07, 6.45) is 0.374. The van der Waals surface area contributed by atoms with Crippen molar-refractivity contribution in [2.75, 3.05) is 45.2 Å². The molecule has 1 heterocycles. The van der Waals surface area contributed by atoms with Crippen LogP contribution in [-0.2, 0) is 9.47 Å². The summed E-state index contributed by atoms with van der Waals surface area (Å²) in [4.78, 5) is 2.38. The van der Waals surface area contributed by atoms with E-state index in [0.717, 1.165) is 45.2 Å². The number of ether oxygens (including phenoxy) is 2. The second kappa shape index (κ2) is 6.65. The highest BCUT2D eigenvalue weighted by molar-refractivity contribution is 7.80. The molecule has 0 spiro atoms. The van der Waals surface area contributed by atoms with Crippen molar-refractivity contribution in [1.29, 1.82) is 0 Å². The van der Waals surface area contributed by atoms with E-state index in [0.29, 0.717) is 6.10 Å². The quantitative estimate of drug-likeness (QED) is 0.526. The normalized spacial score (nSPS) is 24.9. The number of nitrogens with zero attached hydrogens (tertiary/aromatic N) is 1. The van der Waals surface area contributed by atoms with E-state index in [-0.39, 0.29) is 0 Å². The molecule has 1 fully saturated rings. The largest absolute Gasteiger partial charge is 0.379 e. The van der Waals surface area contributed by atoms with Crippen LogP contribution in [0.1, 0.15) is 6.92 Å². The average molecular weight is 205 g/mol. The van der Waals surface area contributed by atoms with Gasteiger partial charge in [-0.1, -0.05) is 0 Å². The molecule has 1 aliphatic rings. The van der Waals surface area contributed by atoms with Gasteiger partial charge in [0.15, 0.2) is 0 Å². The lowest BCUT2D eigenvalue weighted by molar-refractivity contribution is -0.0262. The first kappa shape index (κ1) is 11.3. The lowest BCUT2D eigenvalue weighted by Crippen LogP contribution is -2.42. The van der Waals surface area contributed by atoms with Crippen molar-refractivity contribution in [2.45, 2.75) is 13.0 Å². The second-order valence-corrected chi connectivity index (χ2v) is 3.77. The van der Waals surface area contributed by atoms with Crippen molar-refractivity contribution in [2.24, 2.45) is 0 Å². The molecule has 1 aliphatic heterocycles. The Balaban J connectivity index is 2.00. The maximum absolute atomic E-state index is 5.44. The van der Waals surface area contributed by atoms with E-state index in [4.69, 9.17) is 9.47 Å². The summed E-state index contributed by atoms with van der Waals surface area (Å²) in [7, 11) is 0. The fourth-order valence-corrected chi connectivity index (χ4v) is 1.58. The number of thiol groups is 1. The van der Waals surface area contributed by atoms with E-state index < -0.39 is 0 Å². The van der Waals surface area contributed by atoms with E-state index in [9.17, 15) is 0 Å². The van der Waals surface area contributed by atoms with Gasteiger partial charge in [0.05, 0.1) is 25.9 Å². The SMILES string of the molecule is CC1CN(CCOCCS)CCO1. The maximum Gasteiger partial charge on any atom is 0.0674 e. The molecule has 1 rings (SSSR count). The molecule has 1 unspecified atom stereocenters. The van der Waals surface area contributed by atoms with Gasteiger partial charge in [0.25, 0.3) is 0 Å². The molecule has 0 aliphatic carbocycles. The van der Waals surface area contributed by atoms with Crippen molar-refractivity contribution in [3.05, 3.63) is 0 Å². The van der Waals surface area contributed by atoms with Gasteiger partial charge in [0.1, 0.15) is 0 Å². The molecule has 0 radical (unpaired) electrons. The van der Waals surface area contributed by atoms with Crippen molar-refractivity contribution in [3.8, 4) is 0 Å². The lowest BCUT2D eigenvalue weighted by atomic mass is 10.3. The van der Waals surface area contributed by atoms with Crippen LogP contribution >= 0.6 is 12.6 Å².